The Balaban J connectivity index is 1.66. The number of nitrogens with one attached hydrogen (secondary N) is 2. The number of carbonyl (C=O) groups is 2. The molecule has 2 saturated carbocycles. The lowest BCUT2D eigenvalue weighted by Crippen LogP contribution is -2.49. The molecular weight excluding hydrogens is 232 g/mol. The van der Waals surface area contributed by atoms with Crippen molar-refractivity contribution >= 4 is 12.0 Å². The minimum Gasteiger partial charge on any atom is -0.469 e. The van der Waals surface area contributed by atoms with Crippen LogP contribution in [0.4, 0.5) is 4.79 Å². The first kappa shape index (κ1) is 13.2. The number of ether oxygens (including phenoxy) is 1. The van der Waals surface area contributed by atoms with E-state index in [1.165, 1.54) is 13.5 Å². The lowest BCUT2D eigenvalue weighted by Gasteiger charge is -2.30. The predicted octanol–water partition coefficient (Wildman–Crippen LogP) is 1.57. The summed E-state index contributed by atoms with van der Waals surface area (Å²) in [5.41, 5.74) is 0. The summed E-state index contributed by atoms with van der Waals surface area (Å²) in [7, 11) is 1.43. The maximum atomic E-state index is 11.7. The summed E-state index contributed by atoms with van der Waals surface area (Å²) in [4.78, 5) is 23.0. The number of rotatable bonds is 3. The summed E-state index contributed by atoms with van der Waals surface area (Å²) in [5, 5.41) is 5.96. The van der Waals surface area contributed by atoms with Crippen molar-refractivity contribution < 1.29 is 14.3 Å². The van der Waals surface area contributed by atoms with Gasteiger partial charge in [0.05, 0.1) is 13.0 Å². The zero-order valence-corrected chi connectivity index (χ0v) is 10.9. The van der Waals surface area contributed by atoms with E-state index in [1.54, 1.807) is 0 Å². The zero-order chi connectivity index (χ0) is 13.0. The molecule has 2 aliphatic carbocycles. The van der Waals surface area contributed by atoms with Crippen molar-refractivity contribution in [2.24, 2.45) is 5.92 Å². The molecule has 0 saturated heterocycles. The van der Waals surface area contributed by atoms with Crippen molar-refractivity contribution in [3.63, 3.8) is 0 Å². The van der Waals surface area contributed by atoms with Gasteiger partial charge in [-0.3, -0.25) is 4.79 Å². The van der Waals surface area contributed by atoms with Crippen LogP contribution in [0.25, 0.3) is 0 Å². The highest BCUT2D eigenvalue weighted by Gasteiger charge is 2.28. The Hall–Kier alpha value is -1.26. The second kappa shape index (κ2) is 6.07. The van der Waals surface area contributed by atoms with Gasteiger partial charge < -0.3 is 15.4 Å². The molecule has 0 atom stereocenters. The van der Waals surface area contributed by atoms with E-state index in [-0.39, 0.29) is 24.0 Å². The number of methoxy groups -OCH3 is 1. The SMILES string of the molecule is COC(=O)C1CCC(NC(=O)NC2CCC2)CC1. The van der Waals surface area contributed by atoms with Crippen LogP contribution >= 0.6 is 0 Å². The molecule has 0 aromatic heterocycles. The number of urea groups is 1. The molecule has 0 spiro atoms. The molecule has 18 heavy (non-hydrogen) atoms. The van der Waals surface area contributed by atoms with Gasteiger partial charge in [0.2, 0.25) is 0 Å². The van der Waals surface area contributed by atoms with Gasteiger partial charge in [0.25, 0.3) is 0 Å². The molecule has 0 radical (unpaired) electrons. The molecule has 2 N–H and O–H groups in total. The number of hydrogen-bond donors (Lipinski definition) is 2. The Bertz CT molecular complexity index is 307. The maximum absolute atomic E-state index is 11.7. The summed E-state index contributed by atoms with van der Waals surface area (Å²) in [6.45, 7) is 0. The molecule has 2 fully saturated rings. The highest BCUT2D eigenvalue weighted by Crippen LogP contribution is 2.25. The number of hydrogen-bond acceptors (Lipinski definition) is 3. The molecule has 0 aromatic carbocycles. The summed E-state index contributed by atoms with van der Waals surface area (Å²) < 4.78 is 4.74. The van der Waals surface area contributed by atoms with Crippen molar-refractivity contribution in [1.29, 1.82) is 0 Å². The van der Waals surface area contributed by atoms with E-state index in [0.29, 0.717) is 6.04 Å². The Kier molecular flexibility index (Phi) is 4.44. The third kappa shape index (κ3) is 3.37. The van der Waals surface area contributed by atoms with E-state index in [4.69, 9.17) is 4.74 Å². The minimum absolute atomic E-state index is 0.0164. The molecule has 5 nitrogen and oxygen atoms in total. The standard InChI is InChI=1S/C13H22N2O3/c1-18-12(16)9-5-7-11(8-6-9)15-13(17)14-10-3-2-4-10/h9-11H,2-8H2,1H3,(H2,14,15,17). The molecule has 0 aromatic rings. The Morgan fingerprint density at radius 3 is 1.94 bits per heavy atom. The monoisotopic (exact) mass is 254 g/mol. The van der Waals surface area contributed by atoms with Gasteiger partial charge in [-0.25, -0.2) is 4.79 Å². The fourth-order valence-corrected chi connectivity index (χ4v) is 2.61. The van der Waals surface area contributed by atoms with Gasteiger partial charge in [0.15, 0.2) is 0 Å². The fraction of sp³-hybridized carbons (Fsp3) is 0.846. The van der Waals surface area contributed by atoms with Gasteiger partial charge in [-0.05, 0) is 44.9 Å². The Labute approximate surface area is 108 Å². The highest BCUT2D eigenvalue weighted by molar-refractivity contribution is 5.75. The van der Waals surface area contributed by atoms with Crippen molar-refractivity contribution in [1.82, 2.24) is 10.6 Å². The molecule has 2 aliphatic rings. The van der Waals surface area contributed by atoms with Crippen LogP contribution in [0.2, 0.25) is 0 Å². The zero-order valence-electron chi connectivity index (χ0n) is 10.9. The number of amides is 2. The first-order chi connectivity index (χ1) is 8.69. The van der Waals surface area contributed by atoms with E-state index >= 15 is 0 Å². The van der Waals surface area contributed by atoms with Gasteiger partial charge in [-0.1, -0.05) is 0 Å². The average molecular weight is 254 g/mol. The highest BCUT2D eigenvalue weighted by atomic mass is 16.5. The number of carbonyl (C=O) groups excluding carboxylic acids is 2. The maximum Gasteiger partial charge on any atom is 0.315 e. The first-order valence-corrected chi connectivity index (χ1v) is 6.84. The van der Waals surface area contributed by atoms with Gasteiger partial charge in [-0.15, -0.1) is 0 Å². The van der Waals surface area contributed by atoms with Crippen LogP contribution in [0.3, 0.4) is 0 Å². The lowest BCUT2D eigenvalue weighted by molar-refractivity contribution is -0.146. The number of esters is 1. The average Bonchev–Trinajstić information content (AvgIpc) is 2.34. The molecule has 0 heterocycles. The van der Waals surface area contributed by atoms with Crippen LogP contribution in [-0.4, -0.2) is 31.2 Å². The first-order valence-electron chi connectivity index (χ1n) is 6.84. The Morgan fingerprint density at radius 2 is 1.50 bits per heavy atom. The molecule has 102 valence electrons. The largest absolute Gasteiger partial charge is 0.469 e. The topological polar surface area (TPSA) is 67.4 Å². The van der Waals surface area contributed by atoms with Crippen molar-refractivity contribution in [3.8, 4) is 0 Å². The third-order valence-electron chi connectivity index (χ3n) is 4.04. The molecule has 5 heteroatoms. The molecule has 0 unspecified atom stereocenters. The van der Waals surface area contributed by atoms with Crippen LogP contribution in [0, 0.1) is 5.92 Å². The molecule has 2 rings (SSSR count). The van der Waals surface area contributed by atoms with Gasteiger partial charge in [-0.2, -0.15) is 0 Å². The van der Waals surface area contributed by atoms with Crippen molar-refractivity contribution in [2.45, 2.75) is 57.0 Å². The van der Waals surface area contributed by atoms with E-state index in [9.17, 15) is 9.59 Å². The third-order valence-corrected chi connectivity index (χ3v) is 4.04. The van der Waals surface area contributed by atoms with E-state index in [0.717, 1.165) is 38.5 Å². The van der Waals surface area contributed by atoms with Gasteiger partial charge in [0.1, 0.15) is 0 Å². The smallest absolute Gasteiger partial charge is 0.315 e. The van der Waals surface area contributed by atoms with E-state index in [1.807, 2.05) is 0 Å². The lowest BCUT2D eigenvalue weighted by atomic mass is 9.86. The summed E-state index contributed by atoms with van der Waals surface area (Å²) in [6, 6.07) is 0.517. The molecule has 2 amide bonds. The van der Waals surface area contributed by atoms with E-state index < -0.39 is 0 Å². The minimum atomic E-state index is -0.118. The molecule has 0 bridgehead atoms. The fourth-order valence-electron chi connectivity index (χ4n) is 2.61. The van der Waals surface area contributed by atoms with Gasteiger partial charge >= 0.3 is 12.0 Å². The summed E-state index contributed by atoms with van der Waals surface area (Å²) in [5.74, 6) is -0.102. The molecule has 0 aliphatic heterocycles. The van der Waals surface area contributed by atoms with Crippen LogP contribution in [-0.2, 0) is 9.53 Å². The van der Waals surface area contributed by atoms with E-state index in [2.05, 4.69) is 10.6 Å². The van der Waals surface area contributed by atoms with Crippen LogP contribution in [0.15, 0.2) is 0 Å². The van der Waals surface area contributed by atoms with Crippen LogP contribution in [0.1, 0.15) is 44.9 Å². The van der Waals surface area contributed by atoms with Crippen LogP contribution < -0.4 is 10.6 Å². The predicted molar refractivity (Wildman–Crippen MR) is 67.1 cm³/mol. The second-order valence-corrected chi connectivity index (χ2v) is 5.32. The molecular formula is C13H22N2O3. The van der Waals surface area contributed by atoms with Crippen molar-refractivity contribution in [3.05, 3.63) is 0 Å². The summed E-state index contributed by atoms with van der Waals surface area (Å²) in [6.07, 6.45) is 6.75. The quantitative estimate of drug-likeness (QED) is 0.751. The normalized spacial score (nSPS) is 28.1. The van der Waals surface area contributed by atoms with Gasteiger partial charge in [0, 0.05) is 12.1 Å². The second-order valence-electron chi connectivity index (χ2n) is 5.32. The summed E-state index contributed by atoms with van der Waals surface area (Å²) >= 11 is 0. The van der Waals surface area contributed by atoms with Crippen molar-refractivity contribution in [2.75, 3.05) is 7.11 Å². The van der Waals surface area contributed by atoms with Crippen LogP contribution in [0.5, 0.6) is 0 Å². The Morgan fingerprint density at radius 1 is 0.944 bits per heavy atom.